The van der Waals surface area contributed by atoms with Crippen molar-refractivity contribution in [2.75, 3.05) is 0 Å². The van der Waals surface area contributed by atoms with Crippen LogP contribution in [0, 0.1) is 0 Å². The Balaban J connectivity index is 2.98. The average molecular weight is 184 g/mol. The van der Waals surface area contributed by atoms with Crippen LogP contribution in [0.15, 0.2) is 12.7 Å². The molecule has 0 aromatic carbocycles. The first kappa shape index (κ1) is 7.49. The molecule has 0 atom stereocenters. The molecule has 0 unspecified atom stereocenters. The van der Waals surface area contributed by atoms with Crippen LogP contribution in [0.5, 0.6) is 0 Å². The maximum absolute atomic E-state index is 5.84. The highest BCUT2D eigenvalue weighted by Crippen LogP contribution is 2.14. The van der Waals surface area contributed by atoms with Gasteiger partial charge in [-0.3, -0.25) is 4.57 Å². The van der Waals surface area contributed by atoms with Crippen LogP contribution in [0.2, 0.25) is 5.15 Å². The summed E-state index contributed by atoms with van der Waals surface area (Å²) in [6.07, 6.45) is 3.39. The van der Waals surface area contributed by atoms with Crippen molar-refractivity contribution in [3.05, 3.63) is 17.8 Å². The number of halogens is 1. The topological polar surface area (TPSA) is 34.6 Å². The van der Waals surface area contributed by atoms with Gasteiger partial charge in [-0.05, 0) is 11.6 Å². The number of aromatic nitrogens is 4. The molecule has 0 bridgehead atoms. The third-order valence-electron chi connectivity index (χ3n) is 1.78. The Morgan fingerprint density at radius 1 is 1.50 bits per heavy atom. The highest BCUT2D eigenvalue weighted by Gasteiger charge is 2.13. The van der Waals surface area contributed by atoms with Crippen molar-refractivity contribution in [3.63, 3.8) is 0 Å². The smallest absolute Gasteiger partial charge is 0.251 e. The lowest BCUT2D eigenvalue weighted by Crippen LogP contribution is -2.31. The van der Waals surface area contributed by atoms with Crippen LogP contribution >= 0.6 is 11.6 Å². The number of hydrogen-bond donors (Lipinski definition) is 0. The Labute approximate surface area is 74.4 Å². The maximum atomic E-state index is 5.84. The first-order valence-corrected chi connectivity index (χ1v) is 3.89. The second-order valence-electron chi connectivity index (χ2n) is 2.67. The molecule has 0 radical (unpaired) electrons. The summed E-state index contributed by atoms with van der Waals surface area (Å²) in [6.45, 7) is 0. The lowest BCUT2D eigenvalue weighted by atomic mass is 10.5. The van der Waals surface area contributed by atoms with E-state index in [-0.39, 0.29) is 0 Å². The van der Waals surface area contributed by atoms with Gasteiger partial charge in [-0.15, -0.1) is 0 Å². The molecule has 2 aromatic rings. The Bertz CT molecular complexity index is 434. The summed E-state index contributed by atoms with van der Waals surface area (Å²) < 4.78 is 3.79. The molecule has 2 rings (SSSR count). The Morgan fingerprint density at radius 2 is 2.25 bits per heavy atom. The number of hydrogen-bond acceptors (Lipinski definition) is 2. The van der Waals surface area contributed by atoms with Crippen molar-refractivity contribution in [3.8, 4) is 0 Å². The van der Waals surface area contributed by atoms with Crippen molar-refractivity contribution in [1.82, 2.24) is 14.5 Å². The summed E-state index contributed by atoms with van der Waals surface area (Å²) in [7, 11) is 3.83. The van der Waals surface area contributed by atoms with E-state index in [0.717, 1.165) is 11.2 Å². The quantitative estimate of drug-likeness (QED) is 0.439. The van der Waals surface area contributed by atoms with E-state index >= 15 is 0 Å². The summed E-state index contributed by atoms with van der Waals surface area (Å²) in [5.41, 5.74) is 1.71. The van der Waals surface area contributed by atoms with Gasteiger partial charge in [0, 0.05) is 0 Å². The number of imidazole rings is 1. The Morgan fingerprint density at radius 3 is 2.92 bits per heavy atom. The van der Waals surface area contributed by atoms with E-state index in [4.69, 9.17) is 11.6 Å². The molecule has 0 spiro atoms. The standard InChI is InChI=1S/C7H8ClN4/c1-11-3-9-5-6(8)10-4-12(2)7(5)11/h3-4H,1-2H3/q+1. The maximum Gasteiger partial charge on any atom is 0.260 e. The highest BCUT2D eigenvalue weighted by atomic mass is 35.5. The number of rotatable bonds is 0. The molecular formula is C7H8ClN4+. The molecule has 0 saturated heterocycles. The third-order valence-corrected chi connectivity index (χ3v) is 2.06. The third kappa shape index (κ3) is 0.881. The summed E-state index contributed by atoms with van der Waals surface area (Å²) in [5, 5.41) is 0.448. The second-order valence-corrected chi connectivity index (χ2v) is 3.03. The van der Waals surface area contributed by atoms with Crippen molar-refractivity contribution in [1.29, 1.82) is 0 Å². The van der Waals surface area contributed by atoms with Crippen LogP contribution < -0.4 is 4.57 Å². The first-order valence-electron chi connectivity index (χ1n) is 3.51. The van der Waals surface area contributed by atoms with Crippen LogP contribution in [0.1, 0.15) is 0 Å². The lowest BCUT2D eigenvalue weighted by molar-refractivity contribution is -0.650. The molecule has 4 nitrogen and oxygen atoms in total. The predicted molar refractivity (Wildman–Crippen MR) is 44.7 cm³/mol. The number of aryl methyl sites for hydroxylation is 2. The van der Waals surface area contributed by atoms with Gasteiger partial charge in [0.25, 0.3) is 5.65 Å². The largest absolute Gasteiger partial charge is 0.260 e. The fourth-order valence-corrected chi connectivity index (χ4v) is 1.42. The molecule has 0 fully saturated rings. The van der Waals surface area contributed by atoms with Gasteiger partial charge in [0.05, 0.1) is 14.1 Å². The summed E-state index contributed by atoms with van der Waals surface area (Å²) in [5.74, 6) is 0. The second kappa shape index (κ2) is 2.42. The molecule has 5 heteroatoms. The van der Waals surface area contributed by atoms with Gasteiger partial charge in [0.1, 0.15) is 0 Å². The lowest BCUT2D eigenvalue weighted by Gasteiger charge is -1.93. The summed E-state index contributed by atoms with van der Waals surface area (Å²) >= 11 is 5.84. The van der Waals surface area contributed by atoms with Crippen molar-refractivity contribution in [2.45, 2.75) is 0 Å². The van der Waals surface area contributed by atoms with Crippen molar-refractivity contribution >= 4 is 22.8 Å². The van der Waals surface area contributed by atoms with Crippen molar-refractivity contribution in [2.24, 2.45) is 14.1 Å². The summed E-state index contributed by atoms with van der Waals surface area (Å²) in [4.78, 5) is 8.10. The van der Waals surface area contributed by atoms with Crippen LogP contribution in [-0.2, 0) is 14.1 Å². The highest BCUT2D eigenvalue weighted by molar-refractivity contribution is 6.33. The average Bonchev–Trinajstić information content (AvgIpc) is 2.42. The molecule has 2 heterocycles. The molecule has 2 aromatic heterocycles. The van der Waals surface area contributed by atoms with Crippen LogP contribution in [-0.4, -0.2) is 14.5 Å². The molecule has 0 aliphatic rings. The normalized spacial score (nSPS) is 10.9. The van der Waals surface area contributed by atoms with E-state index in [1.807, 2.05) is 23.2 Å². The van der Waals surface area contributed by atoms with Crippen LogP contribution in [0.4, 0.5) is 0 Å². The van der Waals surface area contributed by atoms with Gasteiger partial charge in [-0.1, -0.05) is 4.98 Å². The van der Waals surface area contributed by atoms with E-state index in [9.17, 15) is 0 Å². The minimum absolute atomic E-state index is 0.448. The van der Waals surface area contributed by atoms with E-state index in [2.05, 4.69) is 9.97 Å². The number of fused-ring (bicyclic) bond motifs is 1. The van der Waals surface area contributed by atoms with Gasteiger partial charge in [-0.25, -0.2) is 9.55 Å². The Kier molecular flexibility index (Phi) is 1.51. The zero-order valence-corrected chi connectivity index (χ0v) is 7.58. The van der Waals surface area contributed by atoms with Crippen molar-refractivity contribution < 1.29 is 4.57 Å². The molecule has 0 N–H and O–H groups in total. The molecule has 0 aliphatic carbocycles. The predicted octanol–water partition coefficient (Wildman–Crippen LogP) is 0.446. The fraction of sp³-hybridized carbons (Fsp3) is 0.286. The molecule has 0 saturated carbocycles. The molecular weight excluding hydrogens is 176 g/mol. The zero-order valence-electron chi connectivity index (χ0n) is 6.82. The van der Waals surface area contributed by atoms with Crippen LogP contribution in [0.25, 0.3) is 11.2 Å². The first-order chi connectivity index (χ1) is 5.70. The van der Waals surface area contributed by atoms with Gasteiger partial charge in [0.15, 0.2) is 11.8 Å². The van der Waals surface area contributed by atoms with Gasteiger partial charge in [0.2, 0.25) is 11.5 Å². The van der Waals surface area contributed by atoms with Crippen LogP contribution in [0.3, 0.4) is 0 Å². The molecule has 0 amide bonds. The minimum Gasteiger partial charge on any atom is -0.251 e. The van der Waals surface area contributed by atoms with E-state index in [0.29, 0.717) is 5.15 Å². The Hall–Kier alpha value is -1.16. The van der Waals surface area contributed by atoms with Gasteiger partial charge in [-0.2, -0.15) is 0 Å². The zero-order chi connectivity index (χ0) is 8.72. The summed E-state index contributed by atoms with van der Waals surface area (Å²) in [6, 6.07) is 0. The SMILES string of the molecule is Cn1cnc2c(Cl)nc[n+](C)c21. The molecule has 62 valence electrons. The van der Waals surface area contributed by atoms with E-state index in [1.165, 1.54) is 0 Å². The van der Waals surface area contributed by atoms with E-state index < -0.39 is 0 Å². The number of nitrogens with zero attached hydrogens (tertiary/aromatic N) is 4. The molecule has 0 aliphatic heterocycles. The fourth-order valence-electron chi connectivity index (χ4n) is 1.24. The minimum atomic E-state index is 0.448. The van der Waals surface area contributed by atoms with Gasteiger partial charge < -0.3 is 0 Å². The monoisotopic (exact) mass is 183 g/mol. The molecule has 12 heavy (non-hydrogen) atoms. The van der Waals surface area contributed by atoms with Gasteiger partial charge >= 0.3 is 0 Å². The van der Waals surface area contributed by atoms with E-state index in [1.54, 1.807) is 12.7 Å².